The first-order valence-corrected chi connectivity index (χ1v) is 20.4. The van der Waals surface area contributed by atoms with Crippen LogP contribution in [0.25, 0.3) is 67.3 Å². The van der Waals surface area contributed by atoms with Crippen LogP contribution in [0.4, 0.5) is 0 Å². The molecule has 6 aromatic carbocycles. The van der Waals surface area contributed by atoms with E-state index in [-0.39, 0.29) is 40.2 Å². The van der Waals surface area contributed by atoms with Gasteiger partial charge in [-0.05, 0) is 76.6 Å². The van der Waals surface area contributed by atoms with Crippen molar-refractivity contribution in [3.05, 3.63) is 266 Å². The Hall–Kier alpha value is -6.78. The zero-order valence-corrected chi connectivity index (χ0v) is 40.2. The Bertz CT molecular complexity index is 2670. The van der Waals surface area contributed by atoms with Crippen molar-refractivity contribution in [3.63, 3.8) is 0 Å². The SMILES string of the molecule is Cc1cc(-c2[c-]cccc2)ncc1-c1ccccc1.Cc1ccccc1-c1ccc(-c2[c-]cccc2)nc1.[Ir].[Ir].[c-]1ccccc1-c1ccccn1.[c-]1ccccc1-c1ccccn1. The molecule has 0 aliphatic rings. The van der Waals surface area contributed by atoms with Gasteiger partial charge in [0, 0.05) is 70.6 Å². The van der Waals surface area contributed by atoms with Crippen LogP contribution in [0.15, 0.2) is 231 Å². The van der Waals surface area contributed by atoms with E-state index < -0.39 is 0 Å². The predicted octanol–water partition coefficient (Wildman–Crippen LogP) is 14.1. The van der Waals surface area contributed by atoms with Gasteiger partial charge in [0.25, 0.3) is 0 Å². The smallest absolute Gasteiger partial charge is 0.0242 e. The van der Waals surface area contributed by atoms with E-state index in [0.717, 1.165) is 50.6 Å². The zero-order valence-electron chi connectivity index (χ0n) is 35.4. The van der Waals surface area contributed by atoms with E-state index in [1.807, 2.05) is 170 Å². The molecule has 0 amide bonds. The molecule has 4 nitrogen and oxygen atoms in total. The second kappa shape index (κ2) is 26.0. The van der Waals surface area contributed by atoms with E-state index in [0.29, 0.717) is 0 Å². The zero-order chi connectivity index (χ0) is 42.6. The maximum absolute atomic E-state index is 4.55. The minimum Gasteiger partial charge on any atom is -0.305 e. The molecule has 0 aliphatic heterocycles. The third kappa shape index (κ3) is 14.1. The second-order valence-corrected chi connectivity index (χ2v) is 14.0. The van der Waals surface area contributed by atoms with Crippen molar-refractivity contribution in [1.82, 2.24) is 19.9 Å². The third-order valence-electron chi connectivity index (χ3n) is 9.68. The molecule has 0 bridgehead atoms. The number of aromatic nitrogens is 4. The summed E-state index contributed by atoms with van der Waals surface area (Å²) in [4.78, 5) is 17.5. The van der Waals surface area contributed by atoms with E-state index in [1.54, 1.807) is 12.4 Å². The van der Waals surface area contributed by atoms with Gasteiger partial charge in [-0.25, -0.2) is 0 Å². The molecule has 0 atom stereocenters. The minimum absolute atomic E-state index is 0. The van der Waals surface area contributed by atoms with Crippen molar-refractivity contribution in [3.8, 4) is 67.3 Å². The van der Waals surface area contributed by atoms with Gasteiger partial charge >= 0.3 is 0 Å². The molecule has 2 radical (unpaired) electrons. The quantitative estimate of drug-likeness (QED) is 0.156. The Morgan fingerprint density at radius 3 is 1.17 bits per heavy atom. The van der Waals surface area contributed by atoms with Gasteiger partial charge < -0.3 is 19.9 Å². The van der Waals surface area contributed by atoms with Crippen LogP contribution in [-0.2, 0) is 40.2 Å². The van der Waals surface area contributed by atoms with Crippen LogP contribution in [0, 0.1) is 38.1 Å². The fourth-order valence-corrected chi connectivity index (χ4v) is 6.49. The topological polar surface area (TPSA) is 51.6 Å². The van der Waals surface area contributed by atoms with Crippen LogP contribution in [0.5, 0.6) is 0 Å². The summed E-state index contributed by atoms with van der Waals surface area (Å²) >= 11 is 0. The van der Waals surface area contributed by atoms with E-state index in [1.165, 1.54) is 27.8 Å². The molecule has 0 aliphatic carbocycles. The molecule has 0 unspecified atom stereocenters. The number of benzene rings is 6. The van der Waals surface area contributed by atoms with Crippen molar-refractivity contribution in [1.29, 1.82) is 0 Å². The second-order valence-electron chi connectivity index (χ2n) is 14.0. The normalized spacial score (nSPS) is 9.78. The molecule has 0 N–H and O–H groups in total. The van der Waals surface area contributed by atoms with E-state index in [9.17, 15) is 0 Å². The summed E-state index contributed by atoms with van der Waals surface area (Å²) in [5.41, 5.74) is 15.3. The van der Waals surface area contributed by atoms with E-state index >= 15 is 0 Å². The standard InChI is InChI=1S/2C18H14N.2C11H8N.2Ir/c1-14-12-18(16-10-6-3-7-11-16)19-13-17(14)15-8-4-2-5-9-15;1-14-7-5-6-10-17(14)16-11-12-18(19-13-16)15-8-3-2-4-9-15;2*1-2-6-10(7-3-1)11-8-4-5-9-12-11;;/h2-10,12-13H,1H3;2-8,10-13H,1H3;2*1-6,8-9H;;/q4*-1;;. The molecule has 10 aromatic rings. The van der Waals surface area contributed by atoms with Crippen LogP contribution in [-0.4, -0.2) is 19.9 Å². The first-order chi connectivity index (χ1) is 30.6. The van der Waals surface area contributed by atoms with Gasteiger partial charge in [-0.2, -0.15) is 0 Å². The summed E-state index contributed by atoms with van der Waals surface area (Å²) in [7, 11) is 0. The van der Waals surface area contributed by atoms with Gasteiger partial charge in [-0.3, -0.25) is 0 Å². The Morgan fingerprint density at radius 1 is 0.312 bits per heavy atom. The molecule has 0 saturated carbocycles. The monoisotopic (exact) mass is 1180 g/mol. The Kier molecular flexibility index (Phi) is 19.6. The Morgan fingerprint density at radius 2 is 0.750 bits per heavy atom. The van der Waals surface area contributed by atoms with Crippen molar-refractivity contribution in [2.45, 2.75) is 13.8 Å². The molecule has 0 fully saturated rings. The summed E-state index contributed by atoms with van der Waals surface area (Å²) in [6, 6.07) is 80.8. The number of hydrogen-bond donors (Lipinski definition) is 0. The van der Waals surface area contributed by atoms with Crippen molar-refractivity contribution in [2.24, 2.45) is 0 Å². The van der Waals surface area contributed by atoms with Crippen LogP contribution in [0.1, 0.15) is 11.1 Å². The van der Waals surface area contributed by atoms with Gasteiger partial charge in [0.1, 0.15) is 0 Å². The van der Waals surface area contributed by atoms with Crippen LogP contribution in [0.2, 0.25) is 0 Å². The number of rotatable bonds is 6. The number of nitrogens with zero attached hydrogens (tertiary/aromatic N) is 4. The van der Waals surface area contributed by atoms with E-state index in [2.05, 4.69) is 107 Å². The molecule has 0 spiro atoms. The maximum Gasteiger partial charge on any atom is 0.0242 e. The molecular formula is C58H44Ir2N4-4. The third-order valence-corrected chi connectivity index (χ3v) is 9.68. The number of aryl methyl sites for hydroxylation is 2. The summed E-state index contributed by atoms with van der Waals surface area (Å²) in [6.07, 6.45) is 7.45. The maximum atomic E-state index is 4.55. The summed E-state index contributed by atoms with van der Waals surface area (Å²) in [5.74, 6) is 0. The largest absolute Gasteiger partial charge is 0.305 e. The Balaban J connectivity index is 0.000000162. The van der Waals surface area contributed by atoms with Gasteiger partial charge in [-0.1, -0.05) is 97.1 Å². The summed E-state index contributed by atoms with van der Waals surface area (Å²) < 4.78 is 0. The average molecular weight is 1180 g/mol. The molecule has 0 saturated heterocycles. The first kappa shape index (κ1) is 48.3. The predicted molar refractivity (Wildman–Crippen MR) is 254 cm³/mol. The summed E-state index contributed by atoms with van der Waals surface area (Å²) in [5, 5.41) is 0. The fourth-order valence-electron chi connectivity index (χ4n) is 6.49. The van der Waals surface area contributed by atoms with Crippen molar-refractivity contribution < 1.29 is 40.2 Å². The first-order valence-electron chi connectivity index (χ1n) is 20.4. The van der Waals surface area contributed by atoms with Crippen molar-refractivity contribution in [2.75, 3.05) is 0 Å². The van der Waals surface area contributed by atoms with Crippen LogP contribution in [0.3, 0.4) is 0 Å². The molecular weight excluding hydrogens is 1140 g/mol. The molecule has 4 heterocycles. The molecule has 64 heavy (non-hydrogen) atoms. The molecule has 318 valence electrons. The molecule has 6 heteroatoms. The van der Waals surface area contributed by atoms with Crippen LogP contribution < -0.4 is 0 Å². The Labute approximate surface area is 405 Å². The van der Waals surface area contributed by atoms with Gasteiger partial charge in [0.2, 0.25) is 0 Å². The number of pyridine rings is 4. The average Bonchev–Trinajstić information content (AvgIpc) is 3.37. The fraction of sp³-hybridized carbons (Fsp3) is 0.0345. The summed E-state index contributed by atoms with van der Waals surface area (Å²) in [6.45, 7) is 4.24. The minimum atomic E-state index is 0. The van der Waals surface area contributed by atoms with Gasteiger partial charge in [-0.15, -0.1) is 144 Å². The van der Waals surface area contributed by atoms with E-state index in [4.69, 9.17) is 0 Å². The molecule has 4 aromatic heterocycles. The van der Waals surface area contributed by atoms with Crippen LogP contribution >= 0.6 is 0 Å². The number of hydrogen-bond acceptors (Lipinski definition) is 4. The molecule has 10 rings (SSSR count). The van der Waals surface area contributed by atoms with Gasteiger partial charge in [0.05, 0.1) is 0 Å². The van der Waals surface area contributed by atoms with Crippen molar-refractivity contribution >= 4 is 0 Å². The van der Waals surface area contributed by atoms with Gasteiger partial charge in [0.15, 0.2) is 0 Å².